The van der Waals surface area contributed by atoms with Gasteiger partial charge in [-0.05, 0) is 30.5 Å². The quantitative estimate of drug-likeness (QED) is 0.919. The van der Waals surface area contributed by atoms with E-state index in [0.29, 0.717) is 12.5 Å². The van der Waals surface area contributed by atoms with E-state index >= 15 is 0 Å². The molecule has 5 heteroatoms. The zero-order valence-electron chi connectivity index (χ0n) is 10.9. The van der Waals surface area contributed by atoms with Gasteiger partial charge in [0.25, 0.3) is 0 Å². The number of nitrogens with one attached hydrogen (secondary N) is 1. The van der Waals surface area contributed by atoms with Gasteiger partial charge in [-0.1, -0.05) is 12.1 Å². The Kier molecular flexibility index (Phi) is 3.78. The van der Waals surface area contributed by atoms with Crippen LogP contribution >= 0.6 is 11.3 Å². The lowest BCUT2D eigenvalue weighted by atomic mass is 10.1. The minimum absolute atomic E-state index is 0.0717. The molecular formula is C15H15FN2OS. The van der Waals surface area contributed by atoms with Crippen LogP contribution < -0.4 is 5.32 Å². The average Bonchev–Trinajstić information content (AvgIpc) is 3.18. The molecular weight excluding hydrogens is 275 g/mol. The van der Waals surface area contributed by atoms with Crippen molar-refractivity contribution in [2.24, 2.45) is 0 Å². The third kappa shape index (κ3) is 3.42. The Labute approximate surface area is 120 Å². The summed E-state index contributed by atoms with van der Waals surface area (Å²) in [5.74, 6) is 0.297. The lowest BCUT2D eigenvalue weighted by molar-refractivity contribution is -0.120. The topological polar surface area (TPSA) is 42.0 Å². The molecule has 1 heterocycles. The highest BCUT2D eigenvalue weighted by atomic mass is 32.1. The van der Waals surface area contributed by atoms with Crippen LogP contribution in [0.5, 0.6) is 0 Å². The SMILES string of the molecule is O=C(Cc1ccc(F)cc1)NCc1csc(C2CC2)n1. The van der Waals surface area contributed by atoms with Crippen molar-refractivity contribution in [3.8, 4) is 0 Å². The third-order valence-corrected chi connectivity index (χ3v) is 4.30. The number of amides is 1. The normalized spacial score (nSPS) is 14.2. The molecule has 1 N–H and O–H groups in total. The molecule has 0 spiro atoms. The molecule has 0 unspecified atom stereocenters. The molecule has 20 heavy (non-hydrogen) atoms. The molecule has 1 aliphatic carbocycles. The van der Waals surface area contributed by atoms with Crippen molar-refractivity contribution < 1.29 is 9.18 Å². The number of carbonyl (C=O) groups excluding carboxylic acids is 1. The second-order valence-electron chi connectivity index (χ2n) is 5.03. The maximum atomic E-state index is 12.8. The molecule has 2 aromatic rings. The van der Waals surface area contributed by atoms with Gasteiger partial charge in [-0.15, -0.1) is 11.3 Å². The highest BCUT2D eigenvalue weighted by molar-refractivity contribution is 7.09. The van der Waals surface area contributed by atoms with Crippen LogP contribution in [0.25, 0.3) is 0 Å². The molecule has 1 amide bonds. The predicted molar refractivity (Wildman–Crippen MR) is 76.0 cm³/mol. The van der Waals surface area contributed by atoms with Crippen LogP contribution in [-0.2, 0) is 17.8 Å². The second-order valence-corrected chi connectivity index (χ2v) is 5.92. The van der Waals surface area contributed by atoms with Gasteiger partial charge in [-0.3, -0.25) is 4.79 Å². The molecule has 3 rings (SSSR count). The van der Waals surface area contributed by atoms with Crippen LogP contribution in [0.3, 0.4) is 0 Å². The van der Waals surface area contributed by atoms with Gasteiger partial charge < -0.3 is 5.32 Å². The Morgan fingerprint density at radius 2 is 2.10 bits per heavy atom. The number of carbonyl (C=O) groups is 1. The van der Waals surface area contributed by atoms with Gasteiger partial charge in [-0.25, -0.2) is 9.37 Å². The summed E-state index contributed by atoms with van der Waals surface area (Å²) in [6.07, 6.45) is 2.74. The summed E-state index contributed by atoms with van der Waals surface area (Å²) in [7, 11) is 0. The second kappa shape index (κ2) is 5.71. The van der Waals surface area contributed by atoms with E-state index in [-0.39, 0.29) is 18.1 Å². The van der Waals surface area contributed by atoms with E-state index < -0.39 is 0 Å². The lowest BCUT2D eigenvalue weighted by Gasteiger charge is -2.03. The minimum Gasteiger partial charge on any atom is -0.350 e. The van der Waals surface area contributed by atoms with E-state index in [1.165, 1.54) is 30.0 Å². The number of benzene rings is 1. The Morgan fingerprint density at radius 1 is 1.35 bits per heavy atom. The summed E-state index contributed by atoms with van der Waals surface area (Å²) < 4.78 is 12.8. The van der Waals surface area contributed by atoms with Gasteiger partial charge >= 0.3 is 0 Å². The summed E-state index contributed by atoms with van der Waals surface area (Å²) >= 11 is 1.67. The molecule has 0 atom stereocenters. The molecule has 1 aromatic heterocycles. The van der Waals surface area contributed by atoms with Crippen molar-refractivity contribution in [2.75, 3.05) is 0 Å². The molecule has 1 fully saturated rings. The summed E-state index contributed by atoms with van der Waals surface area (Å²) in [6.45, 7) is 0.462. The van der Waals surface area contributed by atoms with Crippen LogP contribution in [0.4, 0.5) is 4.39 Å². The van der Waals surface area contributed by atoms with Crippen molar-refractivity contribution in [3.05, 3.63) is 51.7 Å². The zero-order valence-corrected chi connectivity index (χ0v) is 11.8. The van der Waals surface area contributed by atoms with E-state index in [1.807, 2.05) is 5.38 Å². The van der Waals surface area contributed by atoms with Gasteiger partial charge in [-0.2, -0.15) is 0 Å². The maximum Gasteiger partial charge on any atom is 0.224 e. The molecule has 0 bridgehead atoms. The fourth-order valence-electron chi connectivity index (χ4n) is 1.96. The number of hydrogen-bond acceptors (Lipinski definition) is 3. The zero-order chi connectivity index (χ0) is 13.9. The van der Waals surface area contributed by atoms with Gasteiger partial charge in [0.05, 0.1) is 23.7 Å². The van der Waals surface area contributed by atoms with Crippen LogP contribution in [0, 0.1) is 5.82 Å². The first-order valence-corrected chi connectivity index (χ1v) is 7.54. The van der Waals surface area contributed by atoms with Crippen LogP contribution in [0.1, 0.15) is 35.0 Å². The molecule has 1 saturated carbocycles. The number of rotatable bonds is 5. The molecule has 104 valence electrons. The average molecular weight is 290 g/mol. The number of halogens is 1. The highest BCUT2D eigenvalue weighted by Crippen LogP contribution is 2.41. The number of nitrogens with zero attached hydrogens (tertiary/aromatic N) is 1. The van der Waals surface area contributed by atoms with Crippen molar-refractivity contribution in [1.82, 2.24) is 10.3 Å². The van der Waals surface area contributed by atoms with Crippen LogP contribution in [-0.4, -0.2) is 10.9 Å². The molecule has 1 aliphatic rings. The standard InChI is InChI=1S/C15H15FN2OS/c16-12-5-1-10(2-6-12)7-14(19)17-8-13-9-20-15(18-13)11-3-4-11/h1-2,5-6,9,11H,3-4,7-8H2,(H,17,19). The first-order chi connectivity index (χ1) is 9.70. The van der Waals surface area contributed by atoms with Gasteiger partial charge in [0, 0.05) is 11.3 Å². The number of thiazole rings is 1. The Hall–Kier alpha value is -1.75. The van der Waals surface area contributed by atoms with E-state index in [0.717, 1.165) is 11.3 Å². The molecule has 0 radical (unpaired) electrons. The summed E-state index contributed by atoms with van der Waals surface area (Å²) in [5.41, 5.74) is 1.73. The maximum absolute atomic E-state index is 12.8. The van der Waals surface area contributed by atoms with Crippen LogP contribution in [0.15, 0.2) is 29.6 Å². The fourth-order valence-corrected chi connectivity index (χ4v) is 2.95. The summed E-state index contributed by atoms with van der Waals surface area (Å²) in [6, 6.07) is 5.99. The van der Waals surface area contributed by atoms with Gasteiger partial charge in [0.15, 0.2) is 0 Å². The summed E-state index contributed by atoms with van der Waals surface area (Å²) in [5, 5.41) is 6.04. The van der Waals surface area contributed by atoms with Gasteiger partial charge in [0.2, 0.25) is 5.91 Å². The lowest BCUT2D eigenvalue weighted by Crippen LogP contribution is -2.24. The van der Waals surface area contributed by atoms with Crippen molar-refractivity contribution in [2.45, 2.75) is 31.7 Å². The Balaban J connectivity index is 1.49. The van der Waals surface area contributed by atoms with E-state index in [4.69, 9.17) is 0 Å². The predicted octanol–water partition coefficient (Wildman–Crippen LogP) is 3.02. The third-order valence-electron chi connectivity index (χ3n) is 3.24. The molecule has 0 saturated heterocycles. The van der Waals surface area contributed by atoms with E-state index in [2.05, 4.69) is 10.3 Å². The van der Waals surface area contributed by atoms with Crippen LogP contribution in [0.2, 0.25) is 0 Å². The fraction of sp³-hybridized carbons (Fsp3) is 0.333. The number of hydrogen-bond donors (Lipinski definition) is 1. The monoisotopic (exact) mass is 290 g/mol. The van der Waals surface area contributed by atoms with E-state index in [9.17, 15) is 9.18 Å². The smallest absolute Gasteiger partial charge is 0.224 e. The highest BCUT2D eigenvalue weighted by Gasteiger charge is 2.26. The first kappa shape index (κ1) is 13.2. The Bertz CT molecular complexity index is 605. The molecule has 0 aliphatic heterocycles. The largest absolute Gasteiger partial charge is 0.350 e. The van der Waals surface area contributed by atoms with Crippen molar-refractivity contribution in [1.29, 1.82) is 0 Å². The Morgan fingerprint density at radius 3 is 2.80 bits per heavy atom. The van der Waals surface area contributed by atoms with E-state index in [1.54, 1.807) is 23.5 Å². The summed E-state index contributed by atoms with van der Waals surface area (Å²) in [4.78, 5) is 16.3. The first-order valence-electron chi connectivity index (χ1n) is 6.66. The van der Waals surface area contributed by atoms with Gasteiger partial charge in [0.1, 0.15) is 5.82 Å². The number of aromatic nitrogens is 1. The molecule has 1 aromatic carbocycles. The molecule has 3 nitrogen and oxygen atoms in total. The minimum atomic E-state index is -0.288. The van der Waals surface area contributed by atoms with Crippen molar-refractivity contribution in [3.63, 3.8) is 0 Å². The van der Waals surface area contributed by atoms with Crippen molar-refractivity contribution >= 4 is 17.2 Å².